The van der Waals surface area contributed by atoms with Crippen molar-refractivity contribution in [3.8, 4) is 0 Å². The number of benzene rings is 1. The van der Waals surface area contributed by atoms with E-state index in [2.05, 4.69) is 31.2 Å². The van der Waals surface area contributed by atoms with Gasteiger partial charge in [-0.05, 0) is 0 Å². The topological polar surface area (TPSA) is 0 Å². The second-order valence-electron chi connectivity index (χ2n) is 2.24. The summed E-state index contributed by atoms with van der Waals surface area (Å²) in [5, 5.41) is 1.26. The molecular weight excluding hydrogens is 241 g/mol. The Labute approximate surface area is 82.5 Å². The number of aryl methyl sites for hydroxylation is 1. The molecule has 1 aromatic carbocycles. The summed E-state index contributed by atoms with van der Waals surface area (Å²) in [4.78, 5) is 0. The van der Waals surface area contributed by atoms with Crippen molar-refractivity contribution in [2.75, 3.05) is 0 Å². The van der Waals surface area contributed by atoms with Crippen LogP contribution in [0.15, 0.2) is 24.3 Å². The van der Waals surface area contributed by atoms with Crippen LogP contribution in [0.3, 0.4) is 0 Å². The van der Waals surface area contributed by atoms with E-state index in [0.717, 1.165) is 0 Å². The minimum Gasteiger partial charge on any atom is -1.00 e. The maximum atomic E-state index is 2.21. The van der Waals surface area contributed by atoms with E-state index in [-0.39, 0.29) is 17.0 Å². The molecule has 0 atom stereocenters. The first-order valence-corrected chi connectivity index (χ1v) is 5.27. The Morgan fingerprint density at radius 2 is 1.70 bits per heavy atom. The first kappa shape index (κ1) is 10.3. The van der Waals surface area contributed by atoms with E-state index in [1.807, 2.05) is 0 Å². The van der Waals surface area contributed by atoms with Crippen molar-refractivity contribution in [2.45, 2.75) is 11.9 Å². The van der Waals surface area contributed by atoms with Crippen LogP contribution in [0.4, 0.5) is 0 Å². The van der Waals surface area contributed by atoms with Gasteiger partial charge in [0, 0.05) is 0 Å². The first-order valence-electron chi connectivity index (χ1n) is 3.17. The van der Waals surface area contributed by atoms with Crippen LogP contribution in [-0.2, 0) is 23.3 Å². The van der Waals surface area contributed by atoms with Gasteiger partial charge in [0.25, 0.3) is 0 Å². The van der Waals surface area contributed by atoms with Crippen LogP contribution in [0.2, 0.25) is 0 Å². The minimum absolute atomic E-state index is 0. The summed E-state index contributed by atoms with van der Waals surface area (Å²) in [6.07, 6.45) is 0. The zero-order chi connectivity index (χ0) is 6.69. The third kappa shape index (κ3) is 2.94. The summed E-state index contributed by atoms with van der Waals surface area (Å²) in [5.41, 5.74) is 2.83. The Balaban J connectivity index is 0.000000810. The van der Waals surface area contributed by atoms with Crippen LogP contribution in [0.5, 0.6) is 0 Å². The van der Waals surface area contributed by atoms with Crippen molar-refractivity contribution in [3.05, 3.63) is 35.4 Å². The summed E-state index contributed by atoms with van der Waals surface area (Å²) in [6.45, 7) is 2.12. The fraction of sp³-hybridized carbons (Fsp3) is 0.250. The van der Waals surface area contributed by atoms with Crippen molar-refractivity contribution in [1.29, 1.82) is 0 Å². The Kier molecular flexibility index (Phi) is 5.20. The summed E-state index contributed by atoms with van der Waals surface area (Å²) >= 11 is 1.36. The summed E-state index contributed by atoms with van der Waals surface area (Å²) in [6, 6.07) is 8.76. The van der Waals surface area contributed by atoms with Crippen LogP contribution in [0.25, 0.3) is 0 Å². The van der Waals surface area contributed by atoms with E-state index in [1.54, 1.807) is 0 Å². The maximum absolute atomic E-state index is 2.21. The predicted molar refractivity (Wildman–Crippen MR) is 34.9 cm³/mol. The molecule has 0 saturated carbocycles. The molecule has 2 heteroatoms. The van der Waals surface area contributed by atoms with Crippen LogP contribution >= 0.6 is 0 Å². The van der Waals surface area contributed by atoms with E-state index >= 15 is 0 Å². The maximum Gasteiger partial charge on any atom is -1.00 e. The van der Waals surface area contributed by atoms with Crippen LogP contribution in [0.1, 0.15) is 11.1 Å². The zero-order valence-corrected chi connectivity index (χ0v) is 10.7. The molecule has 0 aliphatic heterocycles. The first-order chi connectivity index (χ1) is 4.33. The van der Waals surface area contributed by atoms with E-state index < -0.39 is 0 Å². The minimum atomic E-state index is 0. The molecule has 0 heterocycles. The van der Waals surface area contributed by atoms with Gasteiger partial charge in [-0.25, -0.2) is 0 Å². The number of hydrogen-bond donors (Lipinski definition) is 0. The van der Waals surface area contributed by atoms with E-state index in [9.17, 15) is 0 Å². The predicted octanol–water partition coefficient (Wildman–Crippen LogP) is -0.954. The molecule has 0 fully saturated rings. The van der Waals surface area contributed by atoms with Crippen LogP contribution in [0, 0.1) is 6.92 Å². The summed E-state index contributed by atoms with van der Waals surface area (Å²) in [5.74, 6) is 0. The molecule has 0 aromatic heterocycles. The normalized spacial score (nSPS) is 8.70. The van der Waals surface area contributed by atoms with E-state index in [1.165, 1.54) is 34.4 Å². The zero-order valence-electron chi connectivity index (χ0n) is 6.10. The number of hydrogen-bond acceptors (Lipinski definition) is 0. The van der Waals surface area contributed by atoms with Crippen molar-refractivity contribution >= 4 is 0 Å². The average Bonchev–Trinajstić information content (AvgIpc) is 1.90. The van der Waals surface area contributed by atoms with E-state index in [0.29, 0.717) is 0 Å². The SMILES string of the molecule is Cc1ccc([CH2][Zn+])cc1.[Br-]. The van der Waals surface area contributed by atoms with Gasteiger partial charge in [0.15, 0.2) is 0 Å². The quantitative estimate of drug-likeness (QED) is 0.564. The van der Waals surface area contributed by atoms with Gasteiger partial charge in [0.1, 0.15) is 0 Å². The fourth-order valence-corrected chi connectivity index (χ4v) is 1.45. The Bertz CT molecular complexity index is 181. The average molecular weight is 250 g/mol. The smallest absolute Gasteiger partial charge is 1.00 e. The van der Waals surface area contributed by atoms with Gasteiger partial charge in [0.2, 0.25) is 0 Å². The van der Waals surface area contributed by atoms with Crippen molar-refractivity contribution < 1.29 is 35.3 Å². The molecule has 10 heavy (non-hydrogen) atoms. The van der Waals surface area contributed by atoms with Gasteiger partial charge < -0.3 is 17.0 Å². The van der Waals surface area contributed by atoms with E-state index in [4.69, 9.17) is 0 Å². The third-order valence-corrected chi connectivity index (χ3v) is 2.62. The van der Waals surface area contributed by atoms with Gasteiger partial charge >= 0.3 is 65.6 Å². The molecule has 1 aromatic rings. The van der Waals surface area contributed by atoms with Crippen molar-refractivity contribution in [2.24, 2.45) is 0 Å². The summed E-state index contributed by atoms with van der Waals surface area (Å²) in [7, 11) is 0. The molecular formula is C8H9BrZn. The molecule has 0 nitrogen and oxygen atoms in total. The standard InChI is InChI=1S/C8H9.BrH.Zn/c1-7-3-5-8(2)6-4-7;;/h3-6H,1H2,2H3;1H;/q;;+1/p-1. The van der Waals surface area contributed by atoms with Gasteiger partial charge in [-0.15, -0.1) is 0 Å². The molecule has 1 rings (SSSR count). The fourth-order valence-electron chi connectivity index (χ4n) is 0.755. The van der Waals surface area contributed by atoms with Crippen LogP contribution < -0.4 is 17.0 Å². The molecule has 0 N–H and O–H groups in total. The Morgan fingerprint density at radius 3 is 2.10 bits per heavy atom. The monoisotopic (exact) mass is 248 g/mol. The molecule has 0 saturated heterocycles. The second-order valence-corrected chi connectivity index (χ2v) is 3.28. The summed E-state index contributed by atoms with van der Waals surface area (Å²) < 4.78 is 0. The van der Waals surface area contributed by atoms with Gasteiger partial charge in [-0.3, -0.25) is 0 Å². The number of rotatable bonds is 1. The van der Waals surface area contributed by atoms with Gasteiger partial charge in [-0.1, -0.05) is 0 Å². The van der Waals surface area contributed by atoms with Gasteiger partial charge in [-0.2, -0.15) is 0 Å². The molecule has 0 aliphatic rings. The molecule has 0 radical (unpaired) electrons. The van der Waals surface area contributed by atoms with Gasteiger partial charge in [0.05, 0.1) is 0 Å². The molecule has 50 valence electrons. The Morgan fingerprint density at radius 1 is 1.20 bits per heavy atom. The Hall–Kier alpha value is 0.323. The second kappa shape index (κ2) is 5.04. The molecule has 0 unspecified atom stereocenters. The molecule has 0 aliphatic carbocycles. The molecule has 0 bridgehead atoms. The largest absolute Gasteiger partial charge is 1.00 e. The van der Waals surface area contributed by atoms with Crippen molar-refractivity contribution in [1.82, 2.24) is 0 Å². The third-order valence-electron chi connectivity index (χ3n) is 1.41. The van der Waals surface area contributed by atoms with Crippen molar-refractivity contribution in [3.63, 3.8) is 0 Å². The number of halogens is 1. The molecule has 0 amide bonds. The van der Waals surface area contributed by atoms with Crippen LogP contribution in [-0.4, -0.2) is 0 Å². The molecule has 0 spiro atoms.